The number of nitrogens with zero attached hydrogens (tertiary/aromatic N) is 1. The van der Waals surface area contributed by atoms with Crippen molar-refractivity contribution in [2.75, 3.05) is 7.11 Å². The molecular formula is C23H28FNO5. The van der Waals surface area contributed by atoms with Crippen LogP contribution in [0.2, 0.25) is 0 Å². The highest BCUT2D eigenvalue weighted by Crippen LogP contribution is 2.39. The minimum atomic E-state index is -1.16. The lowest BCUT2D eigenvalue weighted by Gasteiger charge is -2.20. The lowest BCUT2D eigenvalue weighted by molar-refractivity contribution is -0.139. The number of benzene rings is 1. The highest BCUT2D eigenvalue weighted by molar-refractivity contribution is 5.82. The first-order valence-electron chi connectivity index (χ1n) is 9.74. The number of carboxylic acid groups (broad SMARTS) is 1. The molecule has 0 radical (unpaired) electrons. The lowest BCUT2D eigenvalue weighted by atomic mass is 9.92. The normalized spacial score (nSPS) is 13.6. The molecule has 1 heterocycles. The van der Waals surface area contributed by atoms with E-state index in [1.807, 2.05) is 20.8 Å². The van der Waals surface area contributed by atoms with Crippen molar-refractivity contribution in [3.63, 3.8) is 0 Å². The second kappa shape index (κ2) is 10.3. The summed E-state index contributed by atoms with van der Waals surface area (Å²) in [6, 6.07) is 6.04. The summed E-state index contributed by atoms with van der Waals surface area (Å²) in [5, 5.41) is 28.8. The number of aliphatic carboxylic acids is 1. The van der Waals surface area contributed by atoms with Gasteiger partial charge in [0.15, 0.2) is 0 Å². The molecule has 2 rings (SSSR count). The number of methoxy groups -OCH3 is 1. The number of hydrogen-bond acceptors (Lipinski definition) is 5. The molecule has 0 aliphatic heterocycles. The van der Waals surface area contributed by atoms with Gasteiger partial charge in [0.05, 0.1) is 37.1 Å². The van der Waals surface area contributed by atoms with Crippen LogP contribution in [0.4, 0.5) is 4.39 Å². The van der Waals surface area contributed by atoms with E-state index in [0.29, 0.717) is 17.0 Å². The maximum absolute atomic E-state index is 13.5. The maximum atomic E-state index is 13.5. The molecule has 0 saturated carbocycles. The Labute approximate surface area is 175 Å². The van der Waals surface area contributed by atoms with Crippen molar-refractivity contribution in [1.82, 2.24) is 4.98 Å². The summed E-state index contributed by atoms with van der Waals surface area (Å²) < 4.78 is 19.1. The molecule has 162 valence electrons. The average Bonchev–Trinajstić information content (AvgIpc) is 2.66. The SMILES string of the molecule is COc1c(C)nc(C(C)C)c(/C=C/C(O)CC(O)CC(=O)O)c1-c1ccc(F)cc1. The topological polar surface area (TPSA) is 99.9 Å². The molecule has 3 N–H and O–H groups in total. The summed E-state index contributed by atoms with van der Waals surface area (Å²) in [7, 11) is 1.54. The average molecular weight is 417 g/mol. The summed E-state index contributed by atoms with van der Waals surface area (Å²) in [6.45, 7) is 5.82. The molecule has 2 aromatic rings. The van der Waals surface area contributed by atoms with E-state index in [1.165, 1.54) is 25.3 Å². The van der Waals surface area contributed by atoms with Crippen LogP contribution >= 0.6 is 0 Å². The number of carbonyl (C=O) groups is 1. The van der Waals surface area contributed by atoms with Crippen molar-refractivity contribution in [3.05, 3.63) is 53.1 Å². The summed E-state index contributed by atoms with van der Waals surface area (Å²) >= 11 is 0. The smallest absolute Gasteiger partial charge is 0.305 e. The Balaban J connectivity index is 2.55. The van der Waals surface area contributed by atoms with Gasteiger partial charge in [-0.05, 0) is 30.5 Å². The van der Waals surface area contributed by atoms with E-state index in [4.69, 9.17) is 9.84 Å². The number of ether oxygens (including phenoxy) is 1. The fourth-order valence-corrected chi connectivity index (χ4v) is 3.33. The zero-order valence-corrected chi connectivity index (χ0v) is 17.6. The van der Waals surface area contributed by atoms with Gasteiger partial charge in [-0.25, -0.2) is 4.39 Å². The van der Waals surface area contributed by atoms with Gasteiger partial charge >= 0.3 is 5.97 Å². The molecule has 2 atom stereocenters. The molecule has 30 heavy (non-hydrogen) atoms. The fraction of sp³-hybridized carbons (Fsp3) is 0.391. The second-order valence-corrected chi connectivity index (χ2v) is 7.48. The largest absolute Gasteiger partial charge is 0.494 e. The Morgan fingerprint density at radius 2 is 1.87 bits per heavy atom. The first-order valence-corrected chi connectivity index (χ1v) is 9.74. The molecule has 0 spiro atoms. The number of aromatic nitrogens is 1. The van der Waals surface area contributed by atoms with Gasteiger partial charge in [-0.15, -0.1) is 0 Å². The Bertz CT molecular complexity index is 909. The molecular weight excluding hydrogens is 389 g/mol. The van der Waals surface area contributed by atoms with Crippen molar-refractivity contribution in [1.29, 1.82) is 0 Å². The van der Waals surface area contributed by atoms with Crippen LogP contribution in [0.15, 0.2) is 30.3 Å². The van der Waals surface area contributed by atoms with Gasteiger partial charge < -0.3 is 20.1 Å². The number of rotatable bonds is 9. The van der Waals surface area contributed by atoms with Crippen molar-refractivity contribution in [2.24, 2.45) is 0 Å². The number of pyridine rings is 1. The van der Waals surface area contributed by atoms with E-state index in [-0.39, 0.29) is 18.2 Å². The minimum absolute atomic E-state index is 0.0585. The Hall–Kier alpha value is -2.77. The maximum Gasteiger partial charge on any atom is 0.305 e. The summed E-state index contributed by atoms with van der Waals surface area (Å²) in [5.41, 5.74) is 3.65. The van der Waals surface area contributed by atoms with Crippen LogP contribution in [0.25, 0.3) is 17.2 Å². The predicted octanol–water partition coefficient (Wildman–Crippen LogP) is 3.93. The first-order chi connectivity index (χ1) is 14.1. The summed E-state index contributed by atoms with van der Waals surface area (Å²) in [6.07, 6.45) is 0.434. The minimum Gasteiger partial charge on any atom is -0.494 e. The highest BCUT2D eigenvalue weighted by Gasteiger charge is 2.21. The number of aryl methyl sites for hydroxylation is 1. The molecule has 6 nitrogen and oxygen atoms in total. The van der Waals surface area contributed by atoms with Crippen LogP contribution < -0.4 is 4.74 Å². The van der Waals surface area contributed by atoms with Crippen LogP contribution in [0.1, 0.15) is 49.6 Å². The second-order valence-electron chi connectivity index (χ2n) is 7.48. The van der Waals surface area contributed by atoms with E-state index in [9.17, 15) is 19.4 Å². The van der Waals surface area contributed by atoms with E-state index < -0.39 is 24.6 Å². The molecule has 1 aromatic carbocycles. The number of hydrogen-bond donors (Lipinski definition) is 3. The number of carboxylic acids is 1. The van der Waals surface area contributed by atoms with Crippen LogP contribution in [0.5, 0.6) is 5.75 Å². The standard InChI is InChI=1S/C23H28FNO5/c1-13(2)22-19(10-9-17(26)11-18(27)12-20(28)29)21(23(30-4)14(3)25-22)15-5-7-16(24)8-6-15/h5-10,13,17-18,26-27H,11-12H2,1-4H3,(H,28,29)/b10-9+. The van der Waals surface area contributed by atoms with Gasteiger partial charge in [0.2, 0.25) is 0 Å². The quantitative estimate of drug-likeness (QED) is 0.572. The Kier molecular flexibility index (Phi) is 8.08. The third-order valence-electron chi connectivity index (χ3n) is 4.68. The third-order valence-corrected chi connectivity index (χ3v) is 4.68. The van der Waals surface area contributed by atoms with Crippen LogP contribution in [0.3, 0.4) is 0 Å². The molecule has 0 bridgehead atoms. The van der Waals surface area contributed by atoms with Crippen molar-refractivity contribution in [2.45, 2.75) is 51.7 Å². The monoisotopic (exact) mass is 417 g/mol. The van der Waals surface area contributed by atoms with Crippen LogP contribution in [-0.2, 0) is 4.79 Å². The Morgan fingerprint density at radius 1 is 1.23 bits per heavy atom. The zero-order valence-electron chi connectivity index (χ0n) is 17.6. The van der Waals surface area contributed by atoms with Crippen LogP contribution in [0, 0.1) is 12.7 Å². The molecule has 0 fully saturated rings. The molecule has 0 amide bonds. The summed E-state index contributed by atoms with van der Waals surface area (Å²) in [4.78, 5) is 15.4. The predicted molar refractivity (Wildman–Crippen MR) is 113 cm³/mol. The van der Waals surface area contributed by atoms with Gasteiger partial charge in [0.1, 0.15) is 11.6 Å². The van der Waals surface area contributed by atoms with Gasteiger partial charge in [-0.3, -0.25) is 9.78 Å². The molecule has 0 aliphatic carbocycles. The van der Waals surface area contributed by atoms with E-state index >= 15 is 0 Å². The van der Waals surface area contributed by atoms with Crippen LogP contribution in [-0.4, -0.2) is 45.6 Å². The molecule has 7 heteroatoms. The Morgan fingerprint density at radius 3 is 2.40 bits per heavy atom. The molecule has 2 unspecified atom stereocenters. The number of aliphatic hydroxyl groups is 2. The van der Waals surface area contributed by atoms with Gasteiger partial charge in [-0.2, -0.15) is 0 Å². The van der Waals surface area contributed by atoms with E-state index in [2.05, 4.69) is 4.98 Å². The number of halogens is 1. The lowest BCUT2D eigenvalue weighted by Crippen LogP contribution is -2.19. The first kappa shape index (κ1) is 23.5. The third kappa shape index (κ3) is 5.87. The van der Waals surface area contributed by atoms with Gasteiger partial charge in [0.25, 0.3) is 0 Å². The van der Waals surface area contributed by atoms with E-state index in [0.717, 1.165) is 16.8 Å². The van der Waals surface area contributed by atoms with Gasteiger partial charge in [-0.1, -0.05) is 38.1 Å². The van der Waals surface area contributed by atoms with Crippen molar-refractivity contribution in [3.8, 4) is 16.9 Å². The van der Waals surface area contributed by atoms with Gasteiger partial charge in [0, 0.05) is 17.5 Å². The highest BCUT2D eigenvalue weighted by atomic mass is 19.1. The fourth-order valence-electron chi connectivity index (χ4n) is 3.33. The van der Waals surface area contributed by atoms with Crippen molar-refractivity contribution < 1.29 is 29.2 Å². The zero-order chi connectivity index (χ0) is 22.4. The van der Waals surface area contributed by atoms with Crippen molar-refractivity contribution >= 4 is 12.0 Å². The van der Waals surface area contributed by atoms with E-state index in [1.54, 1.807) is 18.2 Å². The molecule has 0 aliphatic rings. The molecule has 0 saturated heterocycles. The number of aliphatic hydroxyl groups excluding tert-OH is 2. The summed E-state index contributed by atoms with van der Waals surface area (Å²) in [5.74, 6) is -0.881. The molecule has 1 aromatic heterocycles.